The Labute approximate surface area is 240 Å². The first-order valence-corrected chi connectivity index (χ1v) is 15.8. The van der Waals surface area contributed by atoms with Gasteiger partial charge in [-0.15, -0.1) is 0 Å². The second kappa shape index (κ2) is 11.5. The summed E-state index contributed by atoms with van der Waals surface area (Å²) < 4.78 is 11.0. The summed E-state index contributed by atoms with van der Waals surface area (Å²) in [6.07, 6.45) is 14.6. The molecule has 0 aromatic heterocycles. The Bertz CT molecular complexity index is 1130. The number of rotatable bonds is 8. The molecule has 8 atom stereocenters. The van der Waals surface area contributed by atoms with Crippen LogP contribution in [-0.4, -0.2) is 17.2 Å². The minimum absolute atomic E-state index is 0.0766. The van der Waals surface area contributed by atoms with E-state index in [4.69, 9.17) is 9.47 Å². The molecule has 6 nitrogen and oxygen atoms in total. The monoisotopic (exact) mass is 551 g/mol. The number of para-hydroxylation sites is 2. The van der Waals surface area contributed by atoms with Gasteiger partial charge in [0.25, 0.3) is 0 Å². The molecule has 5 rings (SSSR count). The largest absolute Gasteiger partial charge is 0.514 e. The van der Waals surface area contributed by atoms with Gasteiger partial charge in [0.15, 0.2) is 0 Å². The van der Waals surface area contributed by atoms with E-state index in [0.717, 1.165) is 55.3 Å². The van der Waals surface area contributed by atoms with Crippen LogP contribution in [0.25, 0.3) is 0 Å². The van der Waals surface area contributed by atoms with Crippen LogP contribution in [0.4, 0.5) is 10.5 Å². The molecular weight excluding hydrogens is 502 g/mol. The lowest BCUT2D eigenvalue weighted by Gasteiger charge is -2.58. The molecule has 3 saturated carbocycles. The van der Waals surface area contributed by atoms with Crippen molar-refractivity contribution >= 4 is 11.8 Å². The van der Waals surface area contributed by atoms with Gasteiger partial charge in [-0.3, -0.25) is 10.1 Å². The molecule has 3 fully saturated rings. The summed E-state index contributed by atoms with van der Waals surface area (Å²) in [4.78, 5) is 23.3. The van der Waals surface area contributed by atoms with Crippen LogP contribution in [0.15, 0.2) is 35.9 Å². The van der Waals surface area contributed by atoms with E-state index in [-0.39, 0.29) is 23.0 Å². The van der Waals surface area contributed by atoms with Gasteiger partial charge in [-0.25, -0.2) is 4.79 Å². The first kappa shape index (κ1) is 29.1. The summed E-state index contributed by atoms with van der Waals surface area (Å²) in [5, 5.41) is 11.3. The second-order valence-electron chi connectivity index (χ2n) is 14.3. The average molecular weight is 552 g/mol. The highest BCUT2D eigenvalue weighted by Gasteiger charge is 2.59. The molecule has 0 unspecified atom stereocenters. The zero-order valence-electron chi connectivity index (χ0n) is 25.2. The number of carbonyl (C=O) groups excluding carboxylic acids is 1. The smallest absolute Gasteiger partial charge is 0.430 e. The molecule has 1 aromatic carbocycles. The fraction of sp³-hybridized carbons (Fsp3) is 0.735. The van der Waals surface area contributed by atoms with Crippen molar-refractivity contribution in [1.29, 1.82) is 0 Å². The highest BCUT2D eigenvalue weighted by molar-refractivity contribution is 5.66. The fourth-order valence-electron chi connectivity index (χ4n) is 9.70. The minimum atomic E-state index is -0.856. The maximum Gasteiger partial charge on any atom is 0.514 e. The summed E-state index contributed by atoms with van der Waals surface area (Å²) >= 11 is 0. The summed E-state index contributed by atoms with van der Waals surface area (Å²) in [5.41, 5.74) is 1.86. The molecule has 0 aliphatic heterocycles. The van der Waals surface area contributed by atoms with Crippen molar-refractivity contribution in [2.24, 2.45) is 46.3 Å². The predicted molar refractivity (Wildman–Crippen MR) is 157 cm³/mol. The van der Waals surface area contributed by atoms with Crippen molar-refractivity contribution in [1.82, 2.24) is 0 Å². The number of hydrogen-bond donors (Lipinski definition) is 0. The maximum absolute atomic E-state index is 12.6. The molecule has 40 heavy (non-hydrogen) atoms. The van der Waals surface area contributed by atoms with Crippen LogP contribution in [0, 0.1) is 56.5 Å². The van der Waals surface area contributed by atoms with E-state index in [2.05, 4.69) is 40.7 Å². The molecule has 0 amide bonds. The van der Waals surface area contributed by atoms with Gasteiger partial charge >= 0.3 is 11.8 Å². The highest BCUT2D eigenvalue weighted by atomic mass is 16.7. The van der Waals surface area contributed by atoms with Gasteiger partial charge in [0, 0.05) is 12.5 Å². The molecular formula is C34H49NO5. The van der Waals surface area contributed by atoms with Crippen LogP contribution < -0.4 is 4.74 Å². The van der Waals surface area contributed by atoms with Gasteiger partial charge in [0.05, 0.1) is 4.92 Å². The second-order valence-corrected chi connectivity index (χ2v) is 14.3. The number of carbonyl (C=O) groups is 1. The van der Waals surface area contributed by atoms with Gasteiger partial charge in [-0.05, 0) is 97.3 Å². The van der Waals surface area contributed by atoms with Crippen molar-refractivity contribution in [3.63, 3.8) is 0 Å². The molecule has 0 spiro atoms. The van der Waals surface area contributed by atoms with Crippen molar-refractivity contribution in [3.8, 4) is 5.75 Å². The highest BCUT2D eigenvalue weighted by Crippen LogP contribution is 2.67. The Morgan fingerprint density at radius 3 is 2.58 bits per heavy atom. The molecule has 220 valence electrons. The fourth-order valence-corrected chi connectivity index (χ4v) is 9.70. The Morgan fingerprint density at radius 2 is 1.82 bits per heavy atom. The molecule has 0 heterocycles. The van der Waals surface area contributed by atoms with E-state index < -0.39 is 11.1 Å². The number of allylic oxidation sites excluding steroid dienone is 1. The van der Waals surface area contributed by atoms with Gasteiger partial charge < -0.3 is 9.47 Å². The molecule has 0 bridgehead atoms. The molecule has 0 saturated heterocycles. The van der Waals surface area contributed by atoms with Gasteiger partial charge in [-0.2, -0.15) is 0 Å². The number of hydrogen-bond acceptors (Lipinski definition) is 5. The van der Waals surface area contributed by atoms with E-state index in [1.54, 1.807) is 12.1 Å². The predicted octanol–water partition coefficient (Wildman–Crippen LogP) is 9.52. The number of ether oxygens (including phenoxy) is 2. The first-order chi connectivity index (χ1) is 19.0. The van der Waals surface area contributed by atoms with E-state index in [0.29, 0.717) is 11.3 Å². The van der Waals surface area contributed by atoms with Crippen molar-refractivity contribution in [3.05, 3.63) is 46.0 Å². The third-order valence-corrected chi connectivity index (χ3v) is 11.8. The van der Waals surface area contributed by atoms with Crippen LogP contribution in [0.1, 0.15) is 105 Å². The molecule has 0 radical (unpaired) electrons. The topological polar surface area (TPSA) is 78.7 Å². The Morgan fingerprint density at radius 1 is 1.05 bits per heavy atom. The Hall–Kier alpha value is -2.37. The van der Waals surface area contributed by atoms with Gasteiger partial charge in [0.2, 0.25) is 5.75 Å². The Balaban J connectivity index is 1.22. The van der Waals surface area contributed by atoms with E-state index in [1.807, 2.05) is 0 Å². The minimum Gasteiger partial charge on any atom is -0.430 e. The van der Waals surface area contributed by atoms with Crippen molar-refractivity contribution in [2.45, 2.75) is 111 Å². The number of nitrogens with zero attached hydrogens (tertiary/aromatic N) is 1. The normalized spacial score (nSPS) is 35.6. The third-order valence-electron chi connectivity index (χ3n) is 11.8. The molecule has 6 heteroatoms. The first-order valence-electron chi connectivity index (χ1n) is 15.8. The van der Waals surface area contributed by atoms with Crippen LogP contribution in [0.5, 0.6) is 5.75 Å². The summed E-state index contributed by atoms with van der Waals surface area (Å²) in [6, 6.07) is 5.92. The third kappa shape index (κ3) is 5.44. The van der Waals surface area contributed by atoms with Crippen LogP contribution >= 0.6 is 0 Å². The van der Waals surface area contributed by atoms with Crippen molar-refractivity contribution < 1.29 is 19.2 Å². The lowest BCUT2D eigenvalue weighted by atomic mass is 9.47. The zero-order valence-corrected chi connectivity index (χ0v) is 25.2. The molecule has 4 aliphatic rings. The van der Waals surface area contributed by atoms with Crippen LogP contribution in [0.2, 0.25) is 0 Å². The number of benzene rings is 1. The lowest BCUT2D eigenvalue weighted by Crippen LogP contribution is -2.51. The summed E-state index contributed by atoms with van der Waals surface area (Å²) in [6.45, 7) is 12.3. The maximum atomic E-state index is 12.6. The lowest BCUT2D eigenvalue weighted by molar-refractivity contribution is -0.385. The summed E-state index contributed by atoms with van der Waals surface area (Å²) in [5.74, 6) is 4.70. The van der Waals surface area contributed by atoms with Gasteiger partial charge in [-0.1, -0.05) is 77.7 Å². The van der Waals surface area contributed by atoms with E-state index >= 15 is 0 Å². The van der Waals surface area contributed by atoms with Crippen LogP contribution in [0.3, 0.4) is 0 Å². The molecule has 0 N–H and O–H groups in total. The van der Waals surface area contributed by atoms with E-state index in [9.17, 15) is 14.9 Å². The van der Waals surface area contributed by atoms with Gasteiger partial charge in [0.1, 0.15) is 6.10 Å². The quantitative estimate of drug-likeness (QED) is 0.106. The SMILES string of the molecule is CC(C)CCC[C@@H](C)[C@@H]1CC[C@H]2[C@H]3CC=C4C[C@@H](OC(=O)Oc5ccccc5[N+](=O)[O-])CC[C@]4(C)[C@@H]3CC[C@@]21C. The molecule has 1 aromatic rings. The summed E-state index contributed by atoms with van der Waals surface area (Å²) in [7, 11) is 0. The number of fused-ring (bicyclic) bond motifs is 5. The average Bonchev–Trinajstić information content (AvgIpc) is 3.26. The standard InChI is InChI=1S/C34H49NO5/c1-22(2)9-8-10-23(3)27-15-16-28-26-14-13-24-21-25(17-19-33(24,4)29(26)18-20-34(27,28)5)39-32(36)40-31-12-7-6-11-30(31)35(37)38/h6-7,11-13,22-23,25-29H,8-10,14-21H2,1-5H3/t23-,25+,26-,27+,28+,29-,33+,34-/m1/s1. The Kier molecular flexibility index (Phi) is 8.37. The molecule has 4 aliphatic carbocycles. The van der Waals surface area contributed by atoms with Crippen LogP contribution in [-0.2, 0) is 4.74 Å². The number of nitro benzene ring substituents is 1. The zero-order chi connectivity index (χ0) is 28.7. The van der Waals surface area contributed by atoms with Crippen molar-refractivity contribution in [2.75, 3.05) is 0 Å². The van der Waals surface area contributed by atoms with E-state index in [1.165, 1.54) is 62.7 Å². The number of nitro groups is 1.